The summed E-state index contributed by atoms with van der Waals surface area (Å²) in [5, 5.41) is 8.59. The van der Waals surface area contributed by atoms with Crippen LogP contribution >= 0.6 is 11.6 Å². The van der Waals surface area contributed by atoms with Crippen LogP contribution in [0.3, 0.4) is 0 Å². The number of aromatic nitrogens is 2. The van der Waals surface area contributed by atoms with Crippen molar-refractivity contribution in [3.8, 4) is 0 Å². The predicted molar refractivity (Wildman–Crippen MR) is 79.5 cm³/mol. The lowest BCUT2D eigenvalue weighted by atomic mass is 10.3. The second-order valence-electron chi connectivity index (χ2n) is 4.39. The zero-order chi connectivity index (χ0) is 14.7. The van der Waals surface area contributed by atoms with Gasteiger partial charge in [0.1, 0.15) is 0 Å². The van der Waals surface area contributed by atoms with Crippen LogP contribution < -0.4 is 10.5 Å². The van der Waals surface area contributed by atoms with E-state index in [1.165, 1.54) is 0 Å². The number of aromatic amines is 1. The summed E-state index contributed by atoms with van der Waals surface area (Å²) in [6.07, 6.45) is 0. The number of aryl methyl sites for hydroxylation is 1. The lowest BCUT2D eigenvalue weighted by molar-refractivity contribution is 0.951. The van der Waals surface area contributed by atoms with Gasteiger partial charge in [0.05, 0.1) is 11.4 Å². The van der Waals surface area contributed by atoms with Crippen molar-refractivity contribution in [2.75, 3.05) is 19.0 Å². The summed E-state index contributed by atoms with van der Waals surface area (Å²) in [4.78, 5) is 20.6. The highest BCUT2D eigenvalue weighted by atomic mass is 35.5. The number of anilines is 1. The molecule has 0 aliphatic heterocycles. The topological polar surface area (TPSA) is 73.7 Å². The zero-order valence-corrected chi connectivity index (χ0v) is 12.1. The van der Waals surface area contributed by atoms with E-state index >= 15 is 0 Å². The summed E-state index contributed by atoms with van der Waals surface area (Å²) in [6, 6.07) is 6.86. The number of hydrogen-bond acceptors (Lipinski definition) is 5. The van der Waals surface area contributed by atoms with Crippen molar-refractivity contribution >= 4 is 28.9 Å². The number of rotatable bonds is 3. The Morgan fingerprint density at radius 2 is 1.85 bits per heavy atom. The third kappa shape index (κ3) is 3.21. The molecule has 7 heteroatoms. The third-order valence-corrected chi connectivity index (χ3v) is 2.82. The van der Waals surface area contributed by atoms with E-state index in [0.29, 0.717) is 22.4 Å². The van der Waals surface area contributed by atoms with Crippen LogP contribution in [-0.2, 0) is 0 Å². The van der Waals surface area contributed by atoms with E-state index in [2.05, 4.69) is 20.2 Å². The fraction of sp³-hybridized carbons (Fsp3) is 0.231. The Morgan fingerprint density at radius 3 is 2.40 bits per heavy atom. The second kappa shape index (κ2) is 5.83. The van der Waals surface area contributed by atoms with E-state index < -0.39 is 0 Å². The van der Waals surface area contributed by atoms with Crippen LogP contribution in [0.25, 0.3) is 0 Å². The number of hydrogen-bond donors (Lipinski definition) is 1. The fourth-order valence-corrected chi connectivity index (χ4v) is 1.64. The molecule has 0 spiro atoms. The van der Waals surface area contributed by atoms with Gasteiger partial charge in [-0.1, -0.05) is 11.6 Å². The van der Waals surface area contributed by atoms with E-state index in [1.54, 1.807) is 50.2 Å². The molecule has 0 saturated heterocycles. The SMILES string of the molecule is Cc1nc(N(C)C)[nH]c(=O)c1N=Nc1ccc(Cl)cc1. The molecule has 0 radical (unpaired) electrons. The first-order valence-electron chi connectivity index (χ1n) is 5.93. The monoisotopic (exact) mass is 291 g/mol. The lowest BCUT2D eigenvalue weighted by Gasteiger charge is -2.11. The molecular formula is C13H14ClN5O. The maximum Gasteiger partial charge on any atom is 0.280 e. The molecule has 1 aromatic heterocycles. The van der Waals surface area contributed by atoms with Gasteiger partial charge >= 0.3 is 0 Å². The van der Waals surface area contributed by atoms with Gasteiger partial charge in [-0.25, -0.2) is 4.98 Å². The molecule has 0 saturated carbocycles. The largest absolute Gasteiger partial charge is 0.348 e. The molecule has 1 N–H and O–H groups in total. The molecular weight excluding hydrogens is 278 g/mol. The van der Waals surface area contributed by atoms with Gasteiger partial charge in [0.15, 0.2) is 5.69 Å². The summed E-state index contributed by atoms with van der Waals surface area (Å²) in [5.74, 6) is 0.484. The molecule has 0 aliphatic carbocycles. The predicted octanol–water partition coefficient (Wildman–Crippen LogP) is 3.21. The average Bonchev–Trinajstić information content (AvgIpc) is 2.39. The third-order valence-electron chi connectivity index (χ3n) is 2.57. The molecule has 6 nitrogen and oxygen atoms in total. The number of halogens is 1. The van der Waals surface area contributed by atoms with Crippen LogP contribution in [0.1, 0.15) is 5.69 Å². The zero-order valence-electron chi connectivity index (χ0n) is 11.4. The highest BCUT2D eigenvalue weighted by Gasteiger charge is 2.08. The quantitative estimate of drug-likeness (QED) is 0.882. The molecule has 0 aliphatic rings. The average molecular weight is 292 g/mol. The van der Waals surface area contributed by atoms with Crippen LogP contribution in [0.4, 0.5) is 17.3 Å². The number of benzene rings is 1. The van der Waals surface area contributed by atoms with E-state index in [4.69, 9.17) is 11.6 Å². The molecule has 0 atom stereocenters. The molecule has 20 heavy (non-hydrogen) atoms. The van der Waals surface area contributed by atoms with Gasteiger partial charge in [-0.3, -0.25) is 9.78 Å². The molecule has 0 bridgehead atoms. The van der Waals surface area contributed by atoms with Gasteiger partial charge in [-0.2, -0.15) is 5.11 Å². The van der Waals surface area contributed by atoms with Crippen molar-refractivity contribution in [1.29, 1.82) is 0 Å². The molecule has 1 aromatic carbocycles. The second-order valence-corrected chi connectivity index (χ2v) is 4.83. The summed E-state index contributed by atoms with van der Waals surface area (Å²) >= 11 is 5.78. The van der Waals surface area contributed by atoms with Crippen LogP contribution in [0.5, 0.6) is 0 Å². The minimum absolute atomic E-state index is 0.200. The van der Waals surface area contributed by atoms with Crippen molar-refractivity contribution in [2.45, 2.75) is 6.92 Å². The van der Waals surface area contributed by atoms with Crippen LogP contribution in [0.15, 0.2) is 39.3 Å². The smallest absolute Gasteiger partial charge is 0.280 e. The lowest BCUT2D eigenvalue weighted by Crippen LogP contribution is -2.19. The Kier molecular flexibility index (Phi) is 4.14. The van der Waals surface area contributed by atoms with Crippen molar-refractivity contribution in [1.82, 2.24) is 9.97 Å². The molecule has 2 aromatic rings. The van der Waals surface area contributed by atoms with Crippen LogP contribution in [-0.4, -0.2) is 24.1 Å². The highest BCUT2D eigenvalue weighted by Crippen LogP contribution is 2.20. The van der Waals surface area contributed by atoms with Gasteiger partial charge in [0.2, 0.25) is 5.95 Å². The van der Waals surface area contributed by atoms with E-state index in [1.807, 2.05) is 0 Å². The number of azo groups is 1. The van der Waals surface area contributed by atoms with E-state index in [0.717, 1.165) is 0 Å². The molecule has 0 amide bonds. The molecule has 0 fully saturated rings. The summed E-state index contributed by atoms with van der Waals surface area (Å²) in [6.45, 7) is 1.72. The Hall–Kier alpha value is -2.21. The Labute approximate surface area is 121 Å². The fourth-order valence-electron chi connectivity index (χ4n) is 1.51. The first kappa shape index (κ1) is 14.2. The first-order valence-corrected chi connectivity index (χ1v) is 6.30. The standard InChI is InChI=1S/C13H14ClN5O/c1-8-11(12(20)16-13(15-8)19(2)3)18-17-10-6-4-9(14)5-7-10/h4-7H,1-3H3,(H,15,16,20). The normalized spacial score (nSPS) is 11.0. The summed E-state index contributed by atoms with van der Waals surface area (Å²) < 4.78 is 0. The highest BCUT2D eigenvalue weighted by molar-refractivity contribution is 6.30. The summed E-state index contributed by atoms with van der Waals surface area (Å²) in [7, 11) is 3.60. The number of H-pyrrole nitrogens is 1. The Balaban J connectivity index is 2.34. The maximum absolute atomic E-state index is 11.9. The van der Waals surface area contributed by atoms with Crippen molar-refractivity contribution in [3.05, 3.63) is 45.3 Å². The van der Waals surface area contributed by atoms with Crippen LogP contribution in [0, 0.1) is 6.92 Å². The Bertz CT molecular complexity index is 691. The van der Waals surface area contributed by atoms with Crippen molar-refractivity contribution in [3.63, 3.8) is 0 Å². The number of nitrogens with zero attached hydrogens (tertiary/aromatic N) is 4. The molecule has 1 heterocycles. The minimum Gasteiger partial charge on any atom is -0.348 e. The molecule has 2 rings (SSSR count). The minimum atomic E-state index is -0.320. The molecule has 0 unspecified atom stereocenters. The van der Waals surface area contributed by atoms with E-state index in [-0.39, 0.29) is 11.2 Å². The first-order chi connectivity index (χ1) is 9.47. The van der Waals surface area contributed by atoms with E-state index in [9.17, 15) is 4.79 Å². The van der Waals surface area contributed by atoms with Gasteiger partial charge < -0.3 is 4.90 Å². The van der Waals surface area contributed by atoms with Crippen molar-refractivity contribution < 1.29 is 0 Å². The van der Waals surface area contributed by atoms with Gasteiger partial charge in [0.25, 0.3) is 5.56 Å². The van der Waals surface area contributed by atoms with Gasteiger partial charge in [0, 0.05) is 19.1 Å². The van der Waals surface area contributed by atoms with Gasteiger partial charge in [-0.15, -0.1) is 5.11 Å². The van der Waals surface area contributed by atoms with Crippen molar-refractivity contribution in [2.24, 2.45) is 10.2 Å². The Morgan fingerprint density at radius 1 is 1.20 bits per heavy atom. The maximum atomic E-state index is 11.9. The number of nitrogens with one attached hydrogen (secondary N) is 1. The van der Waals surface area contributed by atoms with Crippen LogP contribution in [0.2, 0.25) is 5.02 Å². The summed E-state index contributed by atoms with van der Waals surface area (Å²) in [5.41, 5.74) is 1.02. The molecule has 104 valence electrons. The van der Waals surface area contributed by atoms with Gasteiger partial charge in [-0.05, 0) is 31.2 Å².